The van der Waals surface area contributed by atoms with Gasteiger partial charge in [0.1, 0.15) is 11.3 Å². The van der Waals surface area contributed by atoms with E-state index in [-0.39, 0.29) is 0 Å². The van der Waals surface area contributed by atoms with Crippen molar-refractivity contribution in [3.63, 3.8) is 0 Å². The molecule has 0 unspecified atom stereocenters. The van der Waals surface area contributed by atoms with Crippen LogP contribution in [0.2, 0.25) is 10.0 Å². The Hall–Kier alpha value is -1.29. The number of halogens is 3. The smallest absolute Gasteiger partial charge is 0.165 e. The van der Waals surface area contributed by atoms with Gasteiger partial charge in [-0.3, -0.25) is 4.57 Å². The third-order valence-corrected chi connectivity index (χ3v) is 4.10. The second-order valence-corrected chi connectivity index (χ2v) is 5.87. The molecule has 0 aliphatic heterocycles. The van der Waals surface area contributed by atoms with Crippen LogP contribution in [0.4, 0.5) is 0 Å². The van der Waals surface area contributed by atoms with Crippen LogP contribution in [0.25, 0.3) is 16.9 Å². The minimum absolute atomic E-state index is 0.463. The zero-order valence-electron chi connectivity index (χ0n) is 11.3. The zero-order valence-corrected chi connectivity index (χ0v) is 13.5. The highest BCUT2D eigenvalue weighted by molar-refractivity contribution is 6.37. The van der Waals surface area contributed by atoms with Crippen LogP contribution in [0.3, 0.4) is 0 Å². The topological polar surface area (TPSA) is 30.7 Å². The molecule has 0 fully saturated rings. The molecule has 2 aromatic heterocycles. The van der Waals surface area contributed by atoms with Gasteiger partial charge >= 0.3 is 0 Å². The van der Waals surface area contributed by atoms with E-state index < -0.39 is 0 Å². The van der Waals surface area contributed by atoms with Crippen molar-refractivity contribution in [2.24, 2.45) is 0 Å². The van der Waals surface area contributed by atoms with Crippen LogP contribution in [0, 0.1) is 6.92 Å². The highest BCUT2D eigenvalue weighted by Crippen LogP contribution is 2.32. The van der Waals surface area contributed by atoms with Gasteiger partial charge in [-0.25, -0.2) is 9.97 Å². The lowest BCUT2D eigenvalue weighted by atomic mass is 10.2. The lowest BCUT2D eigenvalue weighted by Gasteiger charge is -2.11. The summed E-state index contributed by atoms with van der Waals surface area (Å²) in [5, 5.41) is 1.11. The molecule has 1 aromatic carbocycles. The van der Waals surface area contributed by atoms with Crippen molar-refractivity contribution in [1.29, 1.82) is 0 Å². The number of imidazole rings is 1. The van der Waals surface area contributed by atoms with Crippen molar-refractivity contribution < 1.29 is 0 Å². The second kappa shape index (κ2) is 5.84. The highest BCUT2D eigenvalue weighted by atomic mass is 35.5. The van der Waals surface area contributed by atoms with Crippen LogP contribution in [0.5, 0.6) is 0 Å². The molecule has 0 amide bonds. The SMILES string of the molecule is Cc1ccnc2c1nc(CCCl)n2-c1c(Cl)cccc1Cl. The maximum absolute atomic E-state index is 6.34. The number of fused-ring (bicyclic) bond motifs is 1. The number of hydrogen-bond donors (Lipinski definition) is 0. The van der Waals surface area contributed by atoms with E-state index in [2.05, 4.69) is 9.97 Å². The van der Waals surface area contributed by atoms with E-state index >= 15 is 0 Å². The minimum atomic E-state index is 0.463. The first kappa shape index (κ1) is 14.6. The molecule has 0 spiro atoms. The van der Waals surface area contributed by atoms with E-state index in [4.69, 9.17) is 34.8 Å². The monoisotopic (exact) mass is 339 g/mol. The Kier molecular flexibility index (Phi) is 4.07. The maximum atomic E-state index is 6.34. The maximum Gasteiger partial charge on any atom is 0.165 e. The lowest BCUT2D eigenvalue weighted by Crippen LogP contribution is -2.04. The van der Waals surface area contributed by atoms with E-state index in [9.17, 15) is 0 Å². The molecular formula is C15H12Cl3N3. The van der Waals surface area contributed by atoms with Crippen molar-refractivity contribution in [3.8, 4) is 5.69 Å². The Morgan fingerprint density at radius 1 is 1.14 bits per heavy atom. The molecule has 21 heavy (non-hydrogen) atoms. The molecule has 0 saturated heterocycles. The summed E-state index contributed by atoms with van der Waals surface area (Å²) in [7, 11) is 0. The Morgan fingerprint density at radius 3 is 2.52 bits per heavy atom. The molecule has 2 heterocycles. The Morgan fingerprint density at radius 2 is 1.86 bits per heavy atom. The van der Waals surface area contributed by atoms with Crippen LogP contribution < -0.4 is 0 Å². The summed E-state index contributed by atoms with van der Waals surface area (Å²) in [6.45, 7) is 2.00. The van der Waals surface area contributed by atoms with Crippen molar-refractivity contribution in [2.45, 2.75) is 13.3 Å². The van der Waals surface area contributed by atoms with Crippen molar-refractivity contribution >= 4 is 46.0 Å². The second-order valence-electron chi connectivity index (χ2n) is 4.67. The number of benzene rings is 1. The molecule has 3 aromatic rings. The van der Waals surface area contributed by atoms with Gasteiger partial charge < -0.3 is 0 Å². The molecule has 0 bridgehead atoms. The van der Waals surface area contributed by atoms with Crippen molar-refractivity contribution in [2.75, 3.05) is 5.88 Å². The Balaban J connectivity index is 2.40. The average molecular weight is 341 g/mol. The van der Waals surface area contributed by atoms with E-state index in [0.717, 1.165) is 22.6 Å². The van der Waals surface area contributed by atoms with Crippen LogP contribution in [-0.4, -0.2) is 20.4 Å². The normalized spacial score (nSPS) is 11.2. The molecular weight excluding hydrogens is 329 g/mol. The summed E-state index contributed by atoms with van der Waals surface area (Å²) in [5.41, 5.74) is 3.33. The zero-order chi connectivity index (χ0) is 15.0. The summed E-state index contributed by atoms with van der Waals surface area (Å²) in [6.07, 6.45) is 2.37. The average Bonchev–Trinajstić information content (AvgIpc) is 2.80. The fourth-order valence-electron chi connectivity index (χ4n) is 2.33. The molecule has 108 valence electrons. The third kappa shape index (κ3) is 2.50. The number of nitrogens with zero attached hydrogens (tertiary/aromatic N) is 3. The van der Waals surface area contributed by atoms with Crippen LogP contribution in [0.15, 0.2) is 30.5 Å². The van der Waals surface area contributed by atoms with Crippen molar-refractivity contribution in [3.05, 3.63) is 51.9 Å². The summed E-state index contributed by atoms with van der Waals surface area (Å²) in [6, 6.07) is 7.34. The van der Waals surface area contributed by atoms with Gasteiger partial charge in [0.2, 0.25) is 0 Å². The summed E-state index contributed by atoms with van der Waals surface area (Å²) in [4.78, 5) is 9.10. The van der Waals surface area contributed by atoms with Gasteiger partial charge in [-0.2, -0.15) is 0 Å². The fourth-order valence-corrected chi connectivity index (χ4v) is 3.06. The van der Waals surface area contributed by atoms with E-state index in [0.29, 0.717) is 28.0 Å². The van der Waals surface area contributed by atoms with Crippen LogP contribution in [-0.2, 0) is 6.42 Å². The number of rotatable bonds is 3. The first-order chi connectivity index (χ1) is 10.1. The molecule has 0 aliphatic rings. The van der Waals surface area contributed by atoms with Gasteiger partial charge in [0, 0.05) is 18.5 Å². The van der Waals surface area contributed by atoms with Gasteiger partial charge in [0.15, 0.2) is 5.65 Å². The van der Waals surface area contributed by atoms with Crippen LogP contribution >= 0.6 is 34.8 Å². The molecule has 0 N–H and O–H groups in total. The predicted molar refractivity (Wildman–Crippen MR) is 88.0 cm³/mol. The van der Waals surface area contributed by atoms with Crippen molar-refractivity contribution in [1.82, 2.24) is 14.5 Å². The standard InChI is InChI=1S/C15H12Cl3N3/c1-9-6-8-19-15-13(9)20-12(5-7-16)21(15)14-10(17)3-2-4-11(14)18/h2-4,6,8H,5,7H2,1H3. The number of aryl methyl sites for hydroxylation is 2. The Bertz CT molecular complexity index is 791. The molecule has 6 heteroatoms. The van der Waals surface area contributed by atoms with E-state index in [1.807, 2.05) is 23.6 Å². The number of pyridine rings is 1. The summed E-state index contributed by atoms with van der Waals surface area (Å²) >= 11 is 18.6. The predicted octanol–water partition coefficient (Wildman–Crippen LogP) is 4.82. The minimum Gasteiger partial charge on any atom is -0.278 e. The third-order valence-electron chi connectivity index (χ3n) is 3.30. The Labute approximate surface area is 137 Å². The number of para-hydroxylation sites is 1. The van der Waals surface area contributed by atoms with Gasteiger partial charge in [0.25, 0.3) is 0 Å². The fraction of sp³-hybridized carbons (Fsp3) is 0.200. The van der Waals surface area contributed by atoms with Gasteiger partial charge in [-0.15, -0.1) is 11.6 Å². The molecule has 3 nitrogen and oxygen atoms in total. The van der Waals surface area contributed by atoms with E-state index in [1.165, 1.54) is 0 Å². The number of alkyl halides is 1. The first-order valence-electron chi connectivity index (χ1n) is 6.46. The molecule has 0 radical (unpaired) electrons. The quantitative estimate of drug-likeness (QED) is 0.640. The van der Waals surface area contributed by atoms with Gasteiger partial charge in [-0.05, 0) is 30.7 Å². The summed E-state index contributed by atoms with van der Waals surface area (Å²) in [5.74, 6) is 1.27. The largest absolute Gasteiger partial charge is 0.278 e. The first-order valence-corrected chi connectivity index (χ1v) is 7.76. The lowest BCUT2D eigenvalue weighted by molar-refractivity contribution is 0.905. The number of aromatic nitrogens is 3. The van der Waals surface area contributed by atoms with Crippen LogP contribution in [0.1, 0.15) is 11.4 Å². The van der Waals surface area contributed by atoms with Gasteiger partial charge in [0.05, 0.1) is 15.7 Å². The molecule has 0 atom stereocenters. The van der Waals surface area contributed by atoms with Gasteiger partial charge in [-0.1, -0.05) is 29.3 Å². The molecule has 0 aliphatic carbocycles. The highest BCUT2D eigenvalue weighted by Gasteiger charge is 2.18. The molecule has 3 rings (SSSR count). The molecule has 0 saturated carbocycles. The summed E-state index contributed by atoms with van der Waals surface area (Å²) < 4.78 is 1.90. The number of hydrogen-bond acceptors (Lipinski definition) is 2. The van der Waals surface area contributed by atoms with E-state index in [1.54, 1.807) is 18.3 Å².